The molecule has 20 heavy (non-hydrogen) atoms. The number of nitrogen functional groups attached to an aromatic ring is 1. The van der Waals surface area contributed by atoms with E-state index in [0.717, 1.165) is 13.1 Å². The molecule has 0 aromatic carbocycles. The van der Waals surface area contributed by atoms with Crippen molar-refractivity contribution in [2.75, 3.05) is 25.4 Å². The maximum absolute atomic E-state index is 12.6. The van der Waals surface area contributed by atoms with Crippen LogP contribution >= 0.6 is 0 Å². The molecular formula is C15H22N4O. The maximum Gasteiger partial charge on any atom is 0.272 e. The van der Waals surface area contributed by atoms with Crippen molar-refractivity contribution in [2.24, 2.45) is 0 Å². The van der Waals surface area contributed by atoms with Gasteiger partial charge in [-0.3, -0.25) is 9.69 Å². The summed E-state index contributed by atoms with van der Waals surface area (Å²) in [6.07, 6.45) is 5.31. The molecule has 5 heteroatoms. The van der Waals surface area contributed by atoms with E-state index in [0.29, 0.717) is 17.4 Å². The molecule has 1 amide bonds. The SMILES string of the molecule is CC1CN2CCCCC2CN1C(=O)c1ccc(N)cn1. The fraction of sp³-hybridized carbons (Fsp3) is 0.600. The van der Waals surface area contributed by atoms with Crippen LogP contribution in [0.5, 0.6) is 0 Å². The van der Waals surface area contributed by atoms with Gasteiger partial charge in [0.2, 0.25) is 0 Å². The zero-order chi connectivity index (χ0) is 14.1. The number of pyridine rings is 1. The lowest BCUT2D eigenvalue weighted by Crippen LogP contribution is -2.60. The first-order chi connectivity index (χ1) is 9.65. The number of nitrogens with zero attached hydrogens (tertiary/aromatic N) is 3. The van der Waals surface area contributed by atoms with E-state index in [4.69, 9.17) is 5.73 Å². The van der Waals surface area contributed by atoms with E-state index in [2.05, 4.69) is 16.8 Å². The van der Waals surface area contributed by atoms with Gasteiger partial charge in [0.1, 0.15) is 5.69 Å². The predicted octanol–water partition coefficient (Wildman–Crippen LogP) is 1.36. The molecule has 0 spiro atoms. The summed E-state index contributed by atoms with van der Waals surface area (Å²) in [5.74, 6) is 0.0303. The summed E-state index contributed by atoms with van der Waals surface area (Å²) in [4.78, 5) is 21.3. The summed E-state index contributed by atoms with van der Waals surface area (Å²) in [6.45, 7) is 5.11. The minimum atomic E-state index is 0.0303. The topological polar surface area (TPSA) is 62.5 Å². The molecule has 2 saturated heterocycles. The summed E-state index contributed by atoms with van der Waals surface area (Å²) in [5.41, 5.74) is 6.71. The van der Waals surface area contributed by atoms with Crippen LogP contribution < -0.4 is 5.73 Å². The Labute approximate surface area is 119 Å². The Morgan fingerprint density at radius 3 is 2.95 bits per heavy atom. The number of hydrogen-bond acceptors (Lipinski definition) is 4. The first-order valence-electron chi connectivity index (χ1n) is 7.41. The molecule has 0 saturated carbocycles. The van der Waals surface area contributed by atoms with Crippen molar-refractivity contribution >= 4 is 11.6 Å². The molecule has 1 aromatic rings. The van der Waals surface area contributed by atoms with Crippen molar-refractivity contribution in [3.05, 3.63) is 24.0 Å². The van der Waals surface area contributed by atoms with E-state index in [-0.39, 0.29) is 11.9 Å². The molecule has 0 aliphatic carbocycles. The maximum atomic E-state index is 12.6. The summed E-state index contributed by atoms with van der Waals surface area (Å²) < 4.78 is 0. The number of anilines is 1. The fourth-order valence-electron chi connectivity index (χ4n) is 3.31. The molecular weight excluding hydrogens is 252 g/mol. The lowest BCUT2D eigenvalue weighted by Gasteiger charge is -2.47. The molecule has 2 N–H and O–H groups in total. The average Bonchev–Trinajstić information content (AvgIpc) is 2.46. The largest absolute Gasteiger partial charge is 0.397 e. The first-order valence-corrected chi connectivity index (χ1v) is 7.41. The number of fused-ring (bicyclic) bond motifs is 1. The van der Waals surface area contributed by atoms with Gasteiger partial charge >= 0.3 is 0 Å². The van der Waals surface area contributed by atoms with Crippen LogP contribution in [0.25, 0.3) is 0 Å². The molecule has 108 valence electrons. The highest BCUT2D eigenvalue weighted by molar-refractivity contribution is 5.92. The summed E-state index contributed by atoms with van der Waals surface area (Å²) >= 11 is 0. The number of rotatable bonds is 1. The van der Waals surface area contributed by atoms with Crippen molar-refractivity contribution in [3.8, 4) is 0 Å². The van der Waals surface area contributed by atoms with E-state index in [1.807, 2.05) is 4.90 Å². The first kappa shape index (κ1) is 13.4. The Balaban J connectivity index is 1.75. The van der Waals surface area contributed by atoms with Gasteiger partial charge in [0.05, 0.1) is 11.9 Å². The second-order valence-corrected chi connectivity index (χ2v) is 5.93. The molecule has 2 unspecified atom stereocenters. The number of amides is 1. The molecule has 2 aliphatic heterocycles. The van der Waals surface area contributed by atoms with Gasteiger partial charge in [-0.05, 0) is 38.4 Å². The van der Waals surface area contributed by atoms with E-state index in [1.165, 1.54) is 25.8 Å². The summed E-state index contributed by atoms with van der Waals surface area (Å²) in [5, 5.41) is 0. The smallest absolute Gasteiger partial charge is 0.272 e. The van der Waals surface area contributed by atoms with Gasteiger partial charge in [0, 0.05) is 25.2 Å². The molecule has 0 radical (unpaired) electrons. The Hall–Kier alpha value is -1.62. The second-order valence-electron chi connectivity index (χ2n) is 5.93. The minimum absolute atomic E-state index is 0.0303. The van der Waals surface area contributed by atoms with Gasteiger partial charge in [-0.15, -0.1) is 0 Å². The predicted molar refractivity (Wildman–Crippen MR) is 78.4 cm³/mol. The highest BCUT2D eigenvalue weighted by Crippen LogP contribution is 2.24. The van der Waals surface area contributed by atoms with Crippen LogP contribution in [0.3, 0.4) is 0 Å². The van der Waals surface area contributed by atoms with Gasteiger partial charge < -0.3 is 10.6 Å². The van der Waals surface area contributed by atoms with Crippen LogP contribution in [0.4, 0.5) is 5.69 Å². The number of carbonyl (C=O) groups is 1. The van der Waals surface area contributed by atoms with Crippen molar-refractivity contribution < 1.29 is 4.79 Å². The summed E-state index contributed by atoms with van der Waals surface area (Å²) in [7, 11) is 0. The lowest BCUT2D eigenvalue weighted by molar-refractivity contribution is 0.0148. The molecule has 2 aliphatic rings. The normalized spacial score (nSPS) is 27.1. The van der Waals surface area contributed by atoms with Crippen molar-refractivity contribution in [1.29, 1.82) is 0 Å². The highest BCUT2D eigenvalue weighted by atomic mass is 16.2. The third-order valence-electron chi connectivity index (χ3n) is 4.45. The minimum Gasteiger partial charge on any atom is -0.397 e. The highest BCUT2D eigenvalue weighted by Gasteiger charge is 2.35. The molecule has 3 heterocycles. The van der Waals surface area contributed by atoms with Gasteiger partial charge in [0.15, 0.2) is 0 Å². The summed E-state index contributed by atoms with van der Waals surface area (Å²) in [6, 6.07) is 4.23. The van der Waals surface area contributed by atoms with Crippen LogP contribution in [0.15, 0.2) is 18.3 Å². The van der Waals surface area contributed by atoms with Crippen molar-refractivity contribution in [3.63, 3.8) is 0 Å². The van der Waals surface area contributed by atoms with Gasteiger partial charge in [0.25, 0.3) is 5.91 Å². The van der Waals surface area contributed by atoms with Crippen molar-refractivity contribution in [2.45, 2.75) is 38.3 Å². The Morgan fingerprint density at radius 1 is 1.35 bits per heavy atom. The molecule has 3 rings (SSSR count). The van der Waals surface area contributed by atoms with E-state index >= 15 is 0 Å². The number of carbonyl (C=O) groups excluding carboxylic acids is 1. The number of aromatic nitrogens is 1. The number of piperidine rings is 1. The van der Waals surface area contributed by atoms with Crippen LogP contribution in [-0.2, 0) is 0 Å². The Bertz CT molecular complexity index is 487. The van der Waals surface area contributed by atoms with Gasteiger partial charge in [-0.1, -0.05) is 6.42 Å². The van der Waals surface area contributed by atoms with Crippen LogP contribution in [0, 0.1) is 0 Å². The van der Waals surface area contributed by atoms with Crippen LogP contribution in [0.2, 0.25) is 0 Å². The Morgan fingerprint density at radius 2 is 2.20 bits per heavy atom. The standard InChI is InChI=1S/C15H22N4O/c1-11-9-18-7-3-2-4-13(18)10-19(11)15(20)14-6-5-12(16)8-17-14/h5-6,8,11,13H,2-4,7,9-10,16H2,1H3. The zero-order valence-electron chi connectivity index (χ0n) is 12.0. The number of piperazine rings is 1. The lowest BCUT2D eigenvalue weighted by atomic mass is 9.97. The molecule has 0 bridgehead atoms. The quantitative estimate of drug-likeness (QED) is 0.840. The molecule has 2 fully saturated rings. The van der Waals surface area contributed by atoms with E-state index in [1.54, 1.807) is 18.3 Å². The monoisotopic (exact) mass is 274 g/mol. The van der Waals surface area contributed by atoms with E-state index < -0.39 is 0 Å². The average molecular weight is 274 g/mol. The second kappa shape index (κ2) is 5.40. The zero-order valence-corrected chi connectivity index (χ0v) is 12.0. The van der Waals surface area contributed by atoms with Gasteiger partial charge in [-0.2, -0.15) is 0 Å². The Kier molecular flexibility index (Phi) is 3.61. The fourth-order valence-corrected chi connectivity index (χ4v) is 3.31. The van der Waals surface area contributed by atoms with Crippen LogP contribution in [0.1, 0.15) is 36.7 Å². The third-order valence-corrected chi connectivity index (χ3v) is 4.45. The third kappa shape index (κ3) is 2.50. The molecule has 5 nitrogen and oxygen atoms in total. The van der Waals surface area contributed by atoms with Gasteiger partial charge in [-0.25, -0.2) is 4.98 Å². The number of hydrogen-bond donors (Lipinski definition) is 1. The van der Waals surface area contributed by atoms with E-state index in [9.17, 15) is 4.79 Å². The van der Waals surface area contributed by atoms with Crippen LogP contribution in [-0.4, -0.2) is 52.4 Å². The molecule has 2 atom stereocenters. The number of nitrogens with two attached hydrogens (primary N) is 1. The molecule has 1 aromatic heterocycles. The van der Waals surface area contributed by atoms with Crippen molar-refractivity contribution in [1.82, 2.24) is 14.8 Å².